The van der Waals surface area contributed by atoms with Gasteiger partial charge in [-0.1, -0.05) is 6.42 Å². The molecular weight excluding hydrogens is 432 g/mol. The minimum Gasteiger partial charge on any atom is -0.369 e. The number of amides is 1. The lowest BCUT2D eigenvalue weighted by molar-refractivity contribution is -0.128. The Kier molecular flexibility index (Phi) is 6.49. The van der Waals surface area contributed by atoms with Crippen LogP contribution in [0.4, 0.5) is 0 Å². The van der Waals surface area contributed by atoms with Gasteiger partial charge in [-0.2, -0.15) is 0 Å². The molecule has 6 atom stereocenters. The monoisotopic (exact) mass is 470 g/mol. The number of sulfonamides is 1. The first-order valence-electron chi connectivity index (χ1n) is 12.1. The predicted molar refractivity (Wildman–Crippen MR) is 120 cm³/mol. The van der Waals surface area contributed by atoms with Crippen LogP contribution in [0.3, 0.4) is 0 Å². The first-order chi connectivity index (χ1) is 15.3. The van der Waals surface area contributed by atoms with E-state index in [0.717, 1.165) is 58.3 Å². The molecule has 0 aromatic rings. The van der Waals surface area contributed by atoms with Gasteiger partial charge in [-0.3, -0.25) is 20.5 Å². The fraction of sp³-hybridized carbons (Fsp3) is 0.950. The molecule has 1 amide bonds. The Hall–Kier alpha value is -0.860. The van der Waals surface area contributed by atoms with Crippen LogP contribution in [0.25, 0.3) is 0 Å². The molecule has 5 fully saturated rings. The molecule has 0 bridgehead atoms. The highest BCUT2D eigenvalue weighted by Crippen LogP contribution is 2.32. The van der Waals surface area contributed by atoms with Gasteiger partial charge in [0.05, 0.1) is 12.1 Å². The molecule has 182 valence electrons. The van der Waals surface area contributed by atoms with Crippen molar-refractivity contribution in [1.29, 1.82) is 0 Å². The summed E-state index contributed by atoms with van der Waals surface area (Å²) in [5.41, 5.74) is 12.1. The van der Waals surface area contributed by atoms with Crippen LogP contribution in [0.1, 0.15) is 32.1 Å². The maximum Gasteiger partial charge on any atom is 0.223 e. The van der Waals surface area contributed by atoms with Crippen molar-refractivity contribution >= 4 is 15.9 Å². The van der Waals surface area contributed by atoms with Crippen molar-refractivity contribution in [2.75, 3.05) is 46.3 Å². The molecule has 32 heavy (non-hydrogen) atoms. The highest BCUT2D eigenvalue weighted by Gasteiger charge is 2.45. The zero-order valence-corrected chi connectivity index (χ0v) is 19.7. The quantitative estimate of drug-likeness (QED) is 0.287. The van der Waals surface area contributed by atoms with Crippen molar-refractivity contribution in [3.8, 4) is 0 Å². The topological polar surface area (TPSA) is 135 Å². The summed E-state index contributed by atoms with van der Waals surface area (Å²) in [5, 5.41) is 7.23. The van der Waals surface area contributed by atoms with E-state index in [1.54, 1.807) is 0 Å². The van der Waals surface area contributed by atoms with Crippen LogP contribution in [0.5, 0.6) is 0 Å². The van der Waals surface area contributed by atoms with Gasteiger partial charge in [0.2, 0.25) is 15.9 Å². The molecule has 12 heteroatoms. The third kappa shape index (κ3) is 4.43. The lowest BCUT2D eigenvalue weighted by Crippen LogP contribution is -2.62. The van der Waals surface area contributed by atoms with Crippen molar-refractivity contribution < 1.29 is 13.2 Å². The summed E-state index contributed by atoms with van der Waals surface area (Å²) in [5.74, 6) is 0.276. The molecule has 1 saturated carbocycles. The Morgan fingerprint density at radius 2 is 1.91 bits per heavy atom. The second-order valence-electron chi connectivity index (χ2n) is 10.3. The lowest BCUT2D eigenvalue weighted by Gasteiger charge is -2.47. The normalized spacial score (nSPS) is 40.3. The third-order valence-electron chi connectivity index (χ3n) is 8.27. The van der Waals surface area contributed by atoms with Crippen molar-refractivity contribution in [3.05, 3.63) is 0 Å². The van der Waals surface area contributed by atoms with Crippen molar-refractivity contribution in [2.24, 2.45) is 17.6 Å². The number of likely N-dealkylation sites (tertiary alicyclic amines) is 1. The van der Waals surface area contributed by atoms with Crippen molar-refractivity contribution in [1.82, 2.24) is 35.8 Å². The first-order valence-corrected chi connectivity index (χ1v) is 13.6. The van der Waals surface area contributed by atoms with Crippen molar-refractivity contribution in [2.45, 2.75) is 61.6 Å². The number of hydrogen-bond acceptors (Lipinski definition) is 9. The first kappa shape index (κ1) is 22.9. The molecule has 4 heterocycles. The van der Waals surface area contributed by atoms with Gasteiger partial charge in [-0.25, -0.2) is 23.2 Å². The number of rotatable bonds is 6. The summed E-state index contributed by atoms with van der Waals surface area (Å²) in [6.45, 7) is 4.20. The lowest BCUT2D eigenvalue weighted by atomic mass is 9.82. The number of carbonyl (C=O) groups is 1. The van der Waals surface area contributed by atoms with E-state index >= 15 is 0 Å². The number of nitrogens with one attached hydrogen (secondary N) is 4. The zero-order chi connectivity index (χ0) is 22.5. The summed E-state index contributed by atoms with van der Waals surface area (Å²) in [7, 11) is -1.41. The SMILES string of the molecule is CN1NCC2CCCC(NS(=O)(=O)C3CNN(C4CC(N5CC(C(N)=O)C5)CCN4)C3)C21. The summed E-state index contributed by atoms with van der Waals surface area (Å²) < 4.78 is 29.6. The van der Waals surface area contributed by atoms with Gasteiger partial charge in [-0.15, -0.1) is 0 Å². The highest BCUT2D eigenvalue weighted by molar-refractivity contribution is 7.90. The molecule has 11 nitrogen and oxygen atoms in total. The van der Waals surface area contributed by atoms with Gasteiger partial charge in [-0.05, 0) is 38.1 Å². The fourth-order valence-corrected chi connectivity index (χ4v) is 7.85. The van der Waals surface area contributed by atoms with Gasteiger partial charge in [0.1, 0.15) is 5.25 Å². The highest BCUT2D eigenvalue weighted by atomic mass is 32.2. The van der Waals surface area contributed by atoms with Crippen LogP contribution in [0, 0.1) is 11.8 Å². The maximum absolute atomic E-state index is 13.3. The molecule has 0 aromatic heterocycles. The van der Waals surface area contributed by atoms with E-state index in [9.17, 15) is 13.2 Å². The molecule has 5 rings (SSSR count). The number of primary amides is 1. The molecule has 4 aliphatic heterocycles. The number of nitrogens with zero attached hydrogens (tertiary/aromatic N) is 3. The number of carbonyl (C=O) groups excluding carboxylic acids is 1. The molecular formula is C20H38N8O3S. The van der Waals surface area contributed by atoms with E-state index < -0.39 is 15.3 Å². The minimum absolute atomic E-state index is 0.0256. The second-order valence-corrected chi connectivity index (χ2v) is 12.3. The summed E-state index contributed by atoms with van der Waals surface area (Å²) in [6, 6.07) is 0.595. The second kappa shape index (κ2) is 9.06. The molecule has 0 radical (unpaired) electrons. The Balaban J connectivity index is 1.15. The van der Waals surface area contributed by atoms with E-state index in [0.29, 0.717) is 25.0 Å². The zero-order valence-electron chi connectivity index (χ0n) is 18.9. The van der Waals surface area contributed by atoms with Gasteiger partial charge in [0.25, 0.3) is 0 Å². The summed E-state index contributed by atoms with van der Waals surface area (Å²) in [6.07, 6.45) is 5.15. The molecule has 6 N–H and O–H groups in total. The Labute approximate surface area is 190 Å². The molecule has 6 unspecified atom stereocenters. The molecule has 4 saturated heterocycles. The smallest absolute Gasteiger partial charge is 0.223 e. The number of hydrazine groups is 2. The fourth-order valence-electron chi connectivity index (χ4n) is 6.33. The Morgan fingerprint density at radius 3 is 2.69 bits per heavy atom. The molecule has 1 aliphatic carbocycles. The van der Waals surface area contributed by atoms with Crippen molar-refractivity contribution in [3.63, 3.8) is 0 Å². The van der Waals surface area contributed by atoms with Crippen LogP contribution in [0.15, 0.2) is 0 Å². The maximum atomic E-state index is 13.3. The molecule has 0 spiro atoms. The average molecular weight is 471 g/mol. The molecule has 0 aromatic carbocycles. The van der Waals surface area contributed by atoms with Crippen LogP contribution in [0.2, 0.25) is 0 Å². The van der Waals surface area contributed by atoms with Gasteiger partial charge in [0.15, 0.2) is 0 Å². The van der Waals surface area contributed by atoms with E-state index in [2.05, 4.69) is 35.8 Å². The van der Waals surface area contributed by atoms with Crippen LogP contribution >= 0.6 is 0 Å². The number of likely N-dealkylation sites (N-methyl/N-ethyl adjacent to an activating group) is 1. The average Bonchev–Trinajstić information content (AvgIpc) is 3.35. The summed E-state index contributed by atoms with van der Waals surface area (Å²) >= 11 is 0. The van der Waals surface area contributed by atoms with E-state index in [4.69, 9.17) is 5.73 Å². The number of hydrogen-bond donors (Lipinski definition) is 5. The van der Waals surface area contributed by atoms with E-state index in [1.165, 1.54) is 0 Å². The Morgan fingerprint density at radius 1 is 1.09 bits per heavy atom. The number of fused-ring (bicyclic) bond motifs is 1. The summed E-state index contributed by atoms with van der Waals surface area (Å²) in [4.78, 5) is 13.7. The third-order valence-corrected chi connectivity index (χ3v) is 10.1. The number of piperidine rings is 1. The van der Waals surface area contributed by atoms with E-state index in [1.807, 2.05) is 7.05 Å². The van der Waals surface area contributed by atoms with Crippen LogP contribution < -0.4 is 26.6 Å². The largest absolute Gasteiger partial charge is 0.369 e. The van der Waals surface area contributed by atoms with Gasteiger partial charge >= 0.3 is 0 Å². The van der Waals surface area contributed by atoms with Crippen LogP contribution in [-0.2, 0) is 14.8 Å². The predicted octanol–water partition coefficient (Wildman–Crippen LogP) is -2.42. The minimum atomic E-state index is -3.43. The van der Waals surface area contributed by atoms with Gasteiger partial charge in [0, 0.05) is 57.9 Å². The number of nitrogens with two attached hydrogens (primary N) is 1. The van der Waals surface area contributed by atoms with E-state index in [-0.39, 0.29) is 30.1 Å². The van der Waals surface area contributed by atoms with Gasteiger partial charge < -0.3 is 11.1 Å². The Bertz CT molecular complexity index is 805. The molecule has 5 aliphatic rings. The van der Waals surface area contributed by atoms with Crippen LogP contribution in [-0.4, -0.2) is 105 Å². The standard InChI is InChI=1S/C20H38N8O3S/c1-26-19-13(8-23-26)3-2-4-17(19)25-32(30,31)16-9-24-28(12-16)18-7-15(5-6-22-18)27-10-14(11-27)20(21)29/h13-19,22-25H,2-12H2,1H3,(H2,21,29).